The first-order valence-corrected chi connectivity index (χ1v) is 8.19. The van der Waals surface area contributed by atoms with Gasteiger partial charge in [-0.1, -0.05) is 18.9 Å². The van der Waals surface area contributed by atoms with E-state index in [0.29, 0.717) is 13.2 Å². The molecule has 0 bridgehead atoms. The van der Waals surface area contributed by atoms with Crippen molar-refractivity contribution in [1.29, 1.82) is 0 Å². The molecule has 1 aromatic rings. The molecule has 3 rings (SSSR count). The lowest BCUT2D eigenvalue weighted by Gasteiger charge is -2.18. The molecule has 2 aliphatic heterocycles. The second kappa shape index (κ2) is 7.34. The van der Waals surface area contributed by atoms with E-state index in [2.05, 4.69) is 0 Å². The SMILES string of the molecule is O=C(/C=C/c1ccc2c(c1)OCCCO2)N1CCCCCC1. The highest BCUT2D eigenvalue weighted by Gasteiger charge is 2.13. The molecule has 0 unspecified atom stereocenters. The van der Waals surface area contributed by atoms with Crippen LogP contribution in [0, 0.1) is 0 Å². The van der Waals surface area contributed by atoms with Crippen molar-refractivity contribution >= 4 is 12.0 Å². The summed E-state index contributed by atoms with van der Waals surface area (Å²) < 4.78 is 11.3. The van der Waals surface area contributed by atoms with E-state index >= 15 is 0 Å². The van der Waals surface area contributed by atoms with Gasteiger partial charge < -0.3 is 14.4 Å². The molecular weight excluding hydrogens is 278 g/mol. The van der Waals surface area contributed by atoms with Gasteiger partial charge in [0.25, 0.3) is 0 Å². The van der Waals surface area contributed by atoms with E-state index in [4.69, 9.17) is 9.47 Å². The quantitative estimate of drug-likeness (QED) is 0.787. The molecule has 22 heavy (non-hydrogen) atoms. The van der Waals surface area contributed by atoms with Crippen molar-refractivity contribution < 1.29 is 14.3 Å². The van der Waals surface area contributed by atoms with Crippen molar-refractivity contribution in [2.45, 2.75) is 32.1 Å². The number of nitrogens with zero attached hydrogens (tertiary/aromatic N) is 1. The van der Waals surface area contributed by atoms with Crippen LogP contribution in [0.1, 0.15) is 37.7 Å². The average molecular weight is 301 g/mol. The third kappa shape index (κ3) is 3.81. The highest BCUT2D eigenvalue weighted by molar-refractivity contribution is 5.91. The molecule has 2 aliphatic rings. The molecule has 0 aliphatic carbocycles. The summed E-state index contributed by atoms with van der Waals surface area (Å²) in [5.74, 6) is 1.66. The summed E-state index contributed by atoms with van der Waals surface area (Å²) in [4.78, 5) is 14.2. The van der Waals surface area contributed by atoms with Gasteiger partial charge in [0.2, 0.25) is 5.91 Å². The molecule has 0 saturated carbocycles. The highest BCUT2D eigenvalue weighted by atomic mass is 16.5. The molecule has 4 heteroatoms. The first-order chi connectivity index (χ1) is 10.8. The van der Waals surface area contributed by atoms with E-state index < -0.39 is 0 Å². The predicted octanol–water partition coefficient (Wildman–Crippen LogP) is 3.26. The Morgan fingerprint density at radius 1 is 0.955 bits per heavy atom. The Labute approximate surface area is 131 Å². The summed E-state index contributed by atoms with van der Waals surface area (Å²) in [6.07, 6.45) is 9.12. The van der Waals surface area contributed by atoms with Gasteiger partial charge in [0.15, 0.2) is 11.5 Å². The topological polar surface area (TPSA) is 38.8 Å². The van der Waals surface area contributed by atoms with Crippen molar-refractivity contribution in [3.05, 3.63) is 29.8 Å². The van der Waals surface area contributed by atoms with Crippen LogP contribution in [0.15, 0.2) is 24.3 Å². The summed E-state index contributed by atoms with van der Waals surface area (Å²) in [5, 5.41) is 0. The van der Waals surface area contributed by atoms with E-state index in [1.807, 2.05) is 29.2 Å². The van der Waals surface area contributed by atoms with Gasteiger partial charge in [0.05, 0.1) is 13.2 Å². The van der Waals surface area contributed by atoms with Gasteiger partial charge in [-0.15, -0.1) is 0 Å². The van der Waals surface area contributed by atoms with Crippen LogP contribution < -0.4 is 9.47 Å². The Kier molecular flexibility index (Phi) is 4.99. The minimum Gasteiger partial charge on any atom is -0.490 e. The maximum atomic E-state index is 12.3. The maximum absolute atomic E-state index is 12.3. The number of likely N-dealkylation sites (tertiary alicyclic amines) is 1. The van der Waals surface area contributed by atoms with Crippen molar-refractivity contribution in [2.75, 3.05) is 26.3 Å². The lowest BCUT2D eigenvalue weighted by atomic mass is 10.2. The van der Waals surface area contributed by atoms with E-state index in [1.54, 1.807) is 6.08 Å². The summed E-state index contributed by atoms with van der Waals surface area (Å²) in [6.45, 7) is 3.12. The normalized spacial score (nSPS) is 18.8. The number of hydrogen-bond donors (Lipinski definition) is 0. The van der Waals surface area contributed by atoms with Crippen LogP contribution in [0.4, 0.5) is 0 Å². The zero-order valence-corrected chi connectivity index (χ0v) is 12.9. The van der Waals surface area contributed by atoms with Crippen LogP contribution in [0.2, 0.25) is 0 Å². The fourth-order valence-corrected chi connectivity index (χ4v) is 2.85. The van der Waals surface area contributed by atoms with E-state index in [-0.39, 0.29) is 5.91 Å². The zero-order valence-electron chi connectivity index (χ0n) is 12.9. The number of ether oxygens (including phenoxy) is 2. The van der Waals surface area contributed by atoms with Gasteiger partial charge in [-0.25, -0.2) is 0 Å². The van der Waals surface area contributed by atoms with Crippen LogP contribution in [-0.4, -0.2) is 37.1 Å². The van der Waals surface area contributed by atoms with Crippen molar-refractivity contribution in [2.24, 2.45) is 0 Å². The first-order valence-electron chi connectivity index (χ1n) is 8.19. The van der Waals surface area contributed by atoms with E-state index in [9.17, 15) is 4.79 Å². The van der Waals surface area contributed by atoms with Gasteiger partial charge in [-0.3, -0.25) is 4.79 Å². The molecule has 0 aromatic heterocycles. The molecule has 4 nitrogen and oxygen atoms in total. The largest absolute Gasteiger partial charge is 0.490 e. The molecule has 1 fully saturated rings. The number of hydrogen-bond acceptors (Lipinski definition) is 3. The fourth-order valence-electron chi connectivity index (χ4n) is 2.85. The first kappa shape index (κ1) is 14.9. The number of carbonyl (C=O) groups excluding carboxylic acids is 1. The van der Waals surface area contributed by atoms with Gasteiger partial charge >= 0.3 is 0 Å². The van der Waals surface area contributed by atoms with Gasteiger partial charge in [0.1, 0.15) is 0 Å². The Morgan fingerprint density at radius 3 is 2.45 bits per heavy atom. The summed E-state index contributed by atoms with van der Waals surface area (Å²) in [7, 11) is 0. The average Bonchev–Trinajstić information content (AvgIpc) is 2.94. The molecule has 1 saturated heterocycles. The summed E-state index contributed by atoms with van der Waals surface area (Å²) >= 11 is 0. The molecule has 0 spiro atoms. The Bertz CT molecular complexity index is 545. The third-order valence-corrected chi connectivity index (χ3v) is 4.11. The molecule has 0 N–H and O–H groups in total. The zero-order chi connectivity index (χ0) is 15.2. The minimum absolute atomic E-state index is 0.106. The molecule has 0 atom stereocenters. The lowest BCUT2D eigenvalue weighted by molar-refractivity contribution is -0.125. The number of benzene rings is 1. The molecule has 0 radical (unpaired) electrons. The van der Waals surface area contributed by atoms with Crippen molar-refractivity contribution in [1.82, 2.24) is 4.90 Å². The Hall–Kier alpha value is -1.97. The number of rotatable bonds is 2. The predicted molar refractivity (Wildman–Crippen MR) is 86.1 cm³/mol. The number of carbonyl (C=O) groups is 1. The van der Waals surface area contributed by atoms with Crippen LogP contribution >= 0.6 is 0 Å². The second-order valence-electron chi connectivity index (χ2n) is 5.83. The Morgan fingerprint density at radius 2 is 1.68 bits per heavy atom. The van der Waals surface area contributed by atoms with Crippen LogP contribution in [0.5, 0.6) is 11.5 Å². The third-order valence-electron chi connectivity index (χ3n) is 4.11. The number of fused-ring (bicyclic) bond motifs is 1. The molecular formula is C18H23NO3. The minimum atomic E-state index is 0.106. The van der Waals surface area contributed by atoms with Gasteiger partial charge in [-0.05, 0) is 36.6 Å². The van der Waals surface area contributed by atoms with Crippen LogP contribution in [0.3, 0.4) is 0 Å². The van der Waals surface area contributed by atoms with Crippen molar-refractivity contribution in [3.63, 3.8) is 0 Å². The lowest BCUT2D eigenvalue weighted by Crippen LogP contribution is -2.30. The molecule has 1 aromatic carbocycles. The highest BCUT2D eigenvalue weighted by Crippen LogP contribution is 2.30. The fraction of sp³-hybridized carbons (Fsp3) is 0.500. The molecule has 2 heterocycles. The van der Waals surface area contributed by atoms with Gasteiger partial charge in [-0.2, -0.15) is 0 Å². The maximum Gasteiger partial charge on any atom is 0.246 e. The van der Waals surface area contributed by atoms with Crippen molar-refractivity contribution in [3.8, 4) is 11.5 Å². The second-order valence-corrected chi connectivity index (χ2v) is 5.83. The van der Waals surface area contributed by atoms with E-state index in [1.165, 1.54) is 12.8 Å². The molecule has 118 valence electrons. The van der Waals surface area contributed by atoms with E-state index in [0.717, 1.165) is 49.4 Å². The standard InChI is InChI=1S/C18H23NO3/c20-18(19-10-3-1-2-4-11-19)9-7-15-6-8-16-17(14-15)22-13-5-12-21-16/h6-9,14H,1-5,10-13H2/b9-7+. The Balaban J connectivity index is 1.66. The monoisotopic (exact) mass is 301 g/mol. The number of amides is 1. The van der Waals surface area contributed by atoms with Crippen LogP contribution in [-0.2, 0) is 4.79 Å². The summed E-state index contributed by atoms with van der Waals surface area (Å²) in [5.41, 5.74) is 0.965. The summed E-state index contributed by atoms with van der Waals surface area (Å²) in [6, 6.07) is 5.81. The smallest absolute Gasteiger partial charge is 0.246 e. The van der Waals surface area contributed by atoms with Crippen LogP contribution in [0.25, 0.3) is 6.08 Å². The molecule has 1 amide bonds. The van der Waals surface area contributed by atoms with Gasteiger partial charge in [0, 0.05) is 25.6 Å².